The van der Waals surface area contributed by atoms with Crippen molar-refractivity contribution in [1.82, 2.24) is 5.32 Å². The Balaban J connectivity index is 1.73. The van der Waals surface area contributed by atoms with Gasteiger partial charge in [0.15, 0.2) is 0 Å². The maximum absolute atomic E-state index is 12.3. The number of aromatic hydroxyl groups is 1. The van der Waals surface area contributed by atoms with Gasteiger partial charge in [0, 0.05) is 5.92 Å². The average Bonchev–Trinajstić information content (AvgIpc) is 3.15. The van der Waals surface area contributed by atoms with Gasteiger partial charge in [-0.25, -0.2) is 4.79 Å². The first-order valence-corrected chi connectivity index (χ1v) is 7.10. The number of phenolic OH excluding ortho intramolecular Hbond substituents is 1. The van der Waals surface area contributed by atoms with Gasteiger partial charge in [-0.1, -0.05) is 0 Å². The molecule has 2 aliphatic rings. The van der Waals surface area contributed by atoms with Crippen LogP contribution in [0.15, 0.2) is 18.2 Å². The van der Waals surface area contributed by atoms with Crippen LogP contribution in [0.5, 0.6) is 5.75 Å². The molecule has 1 aliphatic heterocycles. The lowest BCUT2D eigenvalue weighted by atomic mass is 9.91. The number of rotatable bonds is 3. The number of anilines is 1. The number of benzene rings is 1. The van der Waals surface area contributed by atoms with E-state index in [4.69, 9.17) is 5.11 Å². The van der Waals surface area contributed by atoms with E-state index in [-0.39, 0.29) is 34.2 Å². The molecule has 1 aromatic carbocycles. The number of hydrogen-bond acceptors (Lipinski definition) is 4. The van der Waals surface area contributed by atoms with Crippen molar-refractivity contribution in [2.24, 2.45) is 11.3 Å². The number of carbonyl (C=O) groups is 2. The third-order valence-electron chi connectivity index (χ3n) is 4.60. The van der Waals surface area contributed by atoms with E-state index in [9.17, 15) is 14.7 Å². The molecule has 3 rings (SSSR count). The number of aromatic carboxylic acids is 1. The number of carbonyl (C=O) groups excluding carboxylic acids is 1. The Morgan fingerprint density at radius 3 is 2.67 bits per heavy atom. The van der Waals surface area contributed by atoms with Crippen LogP contribution in [0, 0.1) is 11.3 Å². The van der Waals surface area contributed by atoms with Crippen LogP contribution in [-0.2, 0) is 4.79 Å². The fourth-order valence-electron chi connectivity index (χ4n) is 3.23. The minimum atomic E-state index is -1.17. The highest BCUT2D eigenvalue weighted by Gasteiger charge is 2.57. The van der Waals surface area contributed by atoms with Gasteiger partial charge in [0.2, 0.25) is 5.91 Å². The smallest absolute Gasteiger partial charge is 0.337 e. The number of carboxylic acid groups (broad SMARTS) is 1. The van der Waals surface area contributed by atoms with Crippen LogP contribution in [0.4, 0.5) is 5.69 Å². The number of carboxylic acids is 1. The third kappa shape index (κ3) is 2.58. The zero-order valence-electron chi connectivity index (χ0n) is 11.6. The maximum atomic E-state index is 12.3. The molecule has 21 heavy (non-hydrogen) atoms. The second kappa shape index (κ2) is 5.04. The summed E-state index contributed by atoms with van der Waals surface area (Å²) in [7, 11) is 0. The molecule has 2 fully saturated rings. The van der Waals surface area contributed by atoms with Crippen LogP contribution < -0.4 is 10.6 Å². The molecule has 0 aromatic heterocycles. The van der Waals surface area contributed by atoms with Crippen molar-refractivity contribution < 1.29 is 19.8 Å². The second-order valence-corrected chi connectivity index (χ2v) is 5.89. The van der Waals surface area contributed by atoms with Gasteiger partial charge in [-0.3, -0.25) is 4.79 Å². The molecular weight excluding hydrogens is 272 g/mol. The van der Waals surface area contributed by atoms with Crippen molar-refractivity contribution in [1.29, 1.82) is 0 Å². The van der Waals surface area contributed by atoms with E-state index >= 15 is 0 Å². The third-order valence-corrected chi connectivity index (χ3v) is 4.60. The molecule has 6 nitrogen and oxygen atoms in total. The maximum Gasteiger partial charge on any atom is 0.337 e. The molecule has 1 spiro atoms. The lowest BCUT2D eigenvalue weighted by molar-refractivity contribution is -0.118. The minimum absolute atomic E-state index is 0.0324. The summed E-state index contributed by atoms with van der Waals surface area (Å²) in [5.41, 5.74) is 0.250. The van der Waals surface area contributed by atoms with Gasteiger partial charge >= 0.3 is 5.97 Å². The minimum Gasteiger partial charge on any atom is -0.508 e. The largest absolute Gasteiger partial charge is 0.508 e. The molecule has 0 bridgehead atoms. The van der Waals surface area contributed by atoms with Crippen LogP contribution in [0.2, 0.25) is 0 Å². The van der Waals surface area contributed by atoms with Crippen LogP contribution in [0.25, 0.3) is 0 Å². The number of hydrogen-bond donors (Lipinski definition) is 4. The average molecular weight is 290 g/mol. The van der Waals surface area contributed by atoms with Gasteiger partial charge in [-0.15, -0.1) is 0 Å². The molecule has 0 radical (unpaired) electrons. The summed E-state index contributed by atoms with van der Waals surface area (Å²) in [6.45, 7) is 1.87. The monoisotopic (exact) mass is 290 g/mol. The first-order valence-electron chi connectivity index (χ1n) is 7.10. The Morgan fingerprint density at radius 2 is 2.00 bits per heavy atom. The molecule has 1 saturated carbocycles. The van der Waals surface area contributed by atoms with Crippen LogP contribution in [-0.4, -0.2) is 35.2 Å². The molecule has 1 heterocycles. The fourth-order valence-corrected chi connectivity index (χ4v) is 3.23. The van der Waals surface area contributed by atoms with Gasteiger partial charge in [0.05, 0.1) is 11.3 Å². The van der Waals surface area contributed by atoms with Crippen molar-refractivity contribution in [3.8, 4) is 5.75 Å². The molecule has 4 N–H and O–H groups in total. The highest BCUT2D eigenvalue weighted by Crippen LogP contribution is 2.58. The highest BCUT2D eigenvalue weighted by atomic mass is 16.4. The summed E-state index contributed by atoms with van der Waals surface area (Å²) < 4.78 is 0. The van der Waals surface area contributed by atoms with E-state index in [2.05, 4.69) is 10.6 Å². The predicted molar refractivity (Wildman–Crippen MR) is 76.3 cm³/mol. The van der Waals surface area contributed by atoms with Crippen LogP contribution in [0.3, 0.4) is 0 Å². The Bertz CT molecular complexity index is 593. The van der Waals surface area contributed by atoms with Gasteiger partial charge in [-0.05, 0) is 56.0 Å². The summed E-state index contributed by atoms with van der Waals surface area (Å²) in [5, 5.41) is 24.5. The van der Waals surface area contributed by atoms with Gasteiger partial charge in [0.25, 0.3) is 0 Å². The second-order valence-electron chi connectivity index (χ2n) is 5.89. The Kier molecular flexibility index (Phi) is 3.33. The topological polar surface area (TPSA) is 98.7 Å². The number of piperidine rings is 1. The molecular formula is C15H18N2O4. The quantitative estimate of drug-likeness (QED) is 0.631. The highest BCUT2D eigenvalue weighted by molar-refractivity contribution is 6.02. The predicted octanol–water partition coefficient (Wildman–Crippen LogP) is 1.42. The van der Waals surface area contributed by atoms with E-state index in [1.165, 1.54) is 12.1 Å². The Hall–Kier alpha value is -2.08. The molecule has 1 atom stereocenters. The lowest BCUT2D eigenvalue weighted by Crippen LogP contribution is -2.31. The summed E-state index contributed by atoms with van der Waals surface area (Å²) >= 11 is 0. The SMILES string of the molecule is O=C(O)c1cc(O)ccc1NC(=O)C1CC12CCNCC2. The van der Waals surface area contributed by atoms with Crippen molar-refractivity contribution in [2.75, 3.05) is 18.4 Å². The molecule has 1 saturated heterocycles. The van der Waals surface area contributed by atoms with Crippen LogP contribution in [0.1, 0.15) is 29.6 Å². The first kappa shape index (κ1) is 13.9. The molecule has 112 valence electrons. The number of nitrogens with one attached hydrogen (secondary N) is 2. The molecule has 1 aliphatic carbocycles. The van der Waals surface area contributed by atoms with E-state index in [1.807, 2.05) is 0 Å². The standard InChI is InChI=1S/C15H18N2O4/c18-9-1-2-12(10(7-9)14(20)21)17-13(19)11-8-15(11)3-5-16-6-4-15/h1-2,7,11,16,18H,3-6,8H2,(H,17,19)(H,20,21). The molecule has 1 aromatic rings. The summed E-state index contributed by atoms with van der Waals surface area (Å²) in [5.74, 6) is -1.46. The fraction of sp³-hybridized carbons (Fsp3) is 0.467. The molecule has 6 heteroatoms. The number of amides is 1. The molecule has 1 unspecified atom stereocenters. The zero-order chi connectivity index (χ0) is 15.0. The van der Waals surface area contributed by atoms with Gasteiger partial charge in [0.1, 0.15) is 5.75 Å². The number of phenols is 1. The van der Waals surface area contributed by atoms with Crippen molar-refractivity contribution in [2.45, 2.75) is 19.3 Å². The summed E-state index contributed by atoms with van der Waals surface area (Å²) in [6, 6.07) is 3.94. The first-order chi connectivity index (χ1) is 10.0. The normalized spacial score (nSPS) is 22.8. The van der Waals surface area contributed by atoms with E-state index < -0.39 is 5.97 Å². The van der Waals surface area contributed by atoms with Gasteiger partial charge in [-0.2, -0.15) is 0 Å². The van der Waals surface area contributed by atoms with E-state index in [0.29, 0.717) is 0 Å². The van der Waals surface area contributed by atoms with Gasteiger partial charge < -0.3 is 20.8 Å². The van der Waals surface area contributed by atoms with Crippen molar-refractivity contribution in [3.05, 3.63) is 23.8 Å². The van der Waals surface area contributed by atoms with Crippen molar-refractivity contribution in [3.63, 3.8) is 0 Å². The van der Waals surface area contributed by atoms with E-state index in [1.54, 1.807) is 0 Å². The lowest BCUT2D eigenvalue weighted by Gasteiger charge is -2.23. The zero-order valence-corrected chi connectivity index (χ0v) is 11.6. The van der Waals surface area contributed by atoms with Crippen LogP contribution >= 0.6 is 0 Å². The Labute approximate surface area is 122 Å². The Morgan fingerprint density at radius 1 is 1.29 bits per heavy atom. The molecule has 1 amide bonds. The summed E-state index contributed by atoms with van der Waals surface area (Å²) in [6.07, 6.45) is 2.86. The summed E-state index contributed by atoms with van der Waals surface area (Å²) in [4.78, 5) is 23.5. The van der Waals surface area contributed by atoms with E-state index in [0.717, 1.165) is 38.4 Å². The van der Waals surface area contributed by atoms with Crippen molar-refractivity contribution >= 4 is 17.6 Å².